The first-order valence-corrected chi connectivity index (χ1v) is 3.94. The summed E-state index contributed by atoms with van der Waals surface area (Å²) < 4.78 is 5.11. The Labute approximate surface area is 67.7 Å². The number of hydrogen-bond acceptors (Lipinski definition) is 2. The van der Waals surface area contributed by atoms with Crippen LogP contribution in [0, 0.1) is 5.92 Å². The smallest absolute Gasteiger partial charge is 0.254 e. The highest BCUT2D eigenvalue weighted by molar-refractivity contribution is 7.80. The largest absolute Gasteiger partial charge is 0.468 e. The van der Waals surface area contributed by atoms with Crippen LogP contribution in [0.4, 0.5) is 0 Å². The molecular weight excluding hydrogens is 146 g/mol. The van der Waals surface area contributed by atoms with E-state index in [4.69, 9.17) is 10.5 Å². The van der Waals surface area contributed by atoms with Crippen molar-refractivity contribution in [1.82, 2.24) is 0 Å². The minimum Gasteiger partial charge on any atom is -0.468 e. The van der Waals surface area contributed by atoms with E-state index >= 15 is 0 Å². The van der Waals surface area contributed by atoms with E-state index in [1.54, 1.807) is 0 Å². The molecule has 0 bridgehead atoms. The second-order valence-electron chi connectivity index (χ2n) is 2.53. The fourth-order valence-electron chi connectivity index (χ4n) is 0.631. The predicted molar refractivity (Wildman–Crippen MR) is 46.8 cm³/mol. The van der Waals surface area contributed by atoms with Crippen molar-refractivity contribution < 1.29 is 4.74 Å². The summed E-state index contributed by atoms with van der Waals surface area (Å²) in [6.07, 6.45) is 1.23. The third kappa shape index (κ3) is 3.67. The first kappa shape index (κ1) is 9.69. The summed E-state index contributed by atoms with van der Waals surface area (Å²) in [4.78, 5) is 0. The van der Waals surface area contributed by atoms with Gasteiger partial charge in [0, 0.05) is 0 Å². The quantitative estimate of drug-likeness (QED) is 0.640. The molecule has 0 aliphatic rings. The zero-order chi connectivity index (χ0) is 8.15. The van der Waals surface area contributed by atoms with Crippen LogP contribution in [0.3, 0.4) is 0 Å². The number of thiocarbonyl (C=S) groups is 1. The van der Waals surface area contributed by atoms with Crippen molar-refractivity contribution in [3.63, 3.8) is 0 Å². The van der Waals surface area contributed by atoms with Crippen molar-refractivity contribution in [2.24, 2.45) is 11.7 Å². The third-order valence-corrected chi connectivity index (χ3v) is 1.84. The Morgan fingerprint density at radius 3 is 2.40 bits per heavy atom. The second-order valence-corrected chi connectivity index (χ2v) is 2.93. The van der Waals surface area contributed by atoms with Gasteiger partial charge in [-0.3, -0.25) is 0 Å². The van der Waals surface area contributed by atoms with Crippen LogP contribution < -0.4 is 5.73 Å². The molecule has 0 spiro atoms. The maximum Gasteiger partial charge on any atom is 0.254 e. The predicted octanol–water partition coefficient (Wildman–Crippen LogP) is 1.68. The van der Waals surface area contributed by atoms with Gasteiger partial charge in [0.25, 0.3) is 5.17 Å². The molecule has 0 radical (unpaired) electrons. The highest BCUT2D eigenvalue weighted by atomic mass is 32.1. The van der Waals surface area contributed by atoms with Crippen molar-refractivity contribution in [3.8, 4) is 0 Å². The van der Waals surface area contributed by atoms with Gasteiger partial charge in [-0.05, 0) is 25.1 Å². The first-order valence-electron chi connectivity index (χ1n) is 3.54. The Morgan fingerprint density at radius 1 is 1.60 bits per heavy atom. The van der Waals surface area contributed by atoms with Crippen molar-refractivity contribution >= 4 is 17.4 Å². The summed E-state index contributed by atoms with van der Waals surface area (Å²) in [5.41, 5.74) is 5.20. The monoisotopic (exact) mass is 161 g/mol. The van der Waals surface area contributed by atoms with Gasteiger partial charge in [-0.2, -0.15) is 0 Å². The average Bonchev–Trinajstić information content (AvgIpc) is 1.85. The Morgan fingerprint density at radius 2 is 2.10 bits per heavy atom. The van der Waals surface area contributed by atoms with Crippen LogP contribution in [0.5, 0.6) is 0 Å². The highest BCUT2D eigenvalue weighted by Gasteiger charge is 2.10. The molecule has 2 atom stereocenters. The molecular formula is C7H15NOS. The van der Waals surface area contributed by atoms with Gasteiger partial charge in [0.1, 0.15) is 6.10 Å². The summed E-state index contributed by atoms with van der Waals surface area (Å²) in [7, 11) is 0. The number of nitrogens with two attached hydrogens (primary N) is 1. The molecule has 0 fully saturated rings. The van der Waals surface area contributed by atoms with Gasteiger partial charge in [-0.15, -0.1) is 0 Å². The van der Waals surface area contributed by atoms with Crippen LogP contribution in [0.15, 0.2) is 0 Å². The van der Waals surface area contributed by atoms with Gasteiger partial charge in [-0.25, -0.2) is 0 Å². The summed E-state index contributed by atoms with van der Waals surface area (Å²) in [6, 6.07) is 0. The first-order chi connectivity index (χ1) is 4.57. The molecule has 0 rings (SSSR count). The molecule has 2 N–H and O–H groups in total. The van der Waals surface area contributed by atoms with Gasteiger partial charge in [0.2, 0.25) is 0 Å². The Balaban J connectivity index is 3.61. The van der Waals surface area contributed by atoms with Crippen LogP contribution in [-0.4, -0.2) is 11.3 Å². The van der Waals surface area contributed by atoms with Crippen molar-refractivity contribution in [3.05, 3.63) is 0 Å². The molecule has 60 valence electrons. The lowest BCUT2D eigenvalue weighted by molar-refractivity contribution is 0.148. The Kier molecular flexibility index (Phi) is 4.36. The minimum atomic E-state index is 0.141. The van der Waals surface area contributed by atoms with Gasteiger partial charge >= 0.3 is 0 Å². The fourth-order valence-corrected chi connectivity index (χ4v) is 0.783. The lowest BCUT2D eigenvalue weighted by atomic mass is 10.0. The van der Waals surface area contributed by atoms with E-state index in [0.717, 1.165) is 6.42 Å². The Hall–Kier alpha value is -0.310. The van der Waals surface area contributed by atoms with Crippen molar-refractivity contribution in [1.29, 1.82) is 0 Å². The minimum absolute atomic E-state index is 0.141. The third-order valence-electron chi connectivity index (χ3n) is 1.75. The van der Waals surface area contributed by atoms with E-state index in [9.17, 15) is 0 Å². The normalized spacial score (nSPS) is 15.9. The molecule has 0 heterocycles. The zero-order valence-electron chi connectivity index (χ0n) is 6.76. The molecule has 0 saturated heterocycles. The molecule has 0 aromatic carbocycles. The highest BCUT2D eigenvalue weighted by Crippen LogP contribution is 2.09. The molecule has 2 unspecified atom stereocenters. The molecule has 0 aliphatic heterocycles. The maximum absolute atomic E-state index is 5.20. The summed E-state index contributed by atoms with van der Waals surface area (Å²) >= 11 is 4.59. The lowest BCUT2D eigenvalue weighted by Crippen LogP contribution is -2.24. The number of ether oxygens (including phenoxy) is 1. The van der Waals surface area contributed by atoms with Gasteiger partial charge in [-0.1, -0.05) is 20.3 Å². The molecule has 2 nitrogen and oxygen atoms in total. The average molecular weight is 161 g/mol. The van der Waals surface area contributed by atoms with Crippen molar-refractivity contribution in [2.45, 2.75) is 33.3 Å². The van der Waals surface area contributed by atoms with Crippen LogP contribution in [0.1, 0.15) is 27.2 Å². The molecule has 0 aromatic heterocycles. The molecule has 10 heavy (non-hydrogen) atoms. The SMILES string of the molecule is CCC(C)C(C)OC(N)=S. The standard InChI is InChI=1S/C7H15NOS/c1-4-5(2)6(3)9-7(8)10/h5-6H,4H2,1-3H3,(H2,8,10). The van der Waals surface area contributed by atoms with Crippen LogP contribution in [0.2, 0.25) is 0 Å². The van der Waals surface area contributed by atoms with E-state index in [1.165, 1.54) is 0 Å². The molecule has 0 aromatic rings. The maximum atomic E-state index is 5.20. The molecule has 0 aliphatic carbocycles. The lowest BCUT2D eigenvalue weighted by Gasteiger charge is -2.18. The Bertz CT molecular complexity index is 116. The van der Waals surface area contributed by atoms with E-state index in [-0.39, 0.29) is 11.3 Å². The van der Waals surface area contributed by atoms with E-state index in [1.807, 2.05) is 6.92 Å². The molecule has 0 amide bonds. The van der Waals surface area contributed by atoms with Crippen molar-refractivity contribution in [2.75, 3.05) is 0 Å². The topological polar surface area (TPSA) is 35.2 Å². The summed E-state index contributed by atoms with van der Waals surface area (Å²) in [6.45, 7) is 6.21. The summed E-state index contributed by atoms with van der Waals surface area (Å²) in [5, 5.41) is 0.146. The van der Waals surface area contributed by atoms with Crippen LogP contribution in [0.25, 0.3) is 0 Å². The van der Waals surface area contributed by atoms with Gasteiger partial charge < -0.3 is 10.5 Å². The molecule has 0 saturated carbocycles. The second kappa shape index (κ2) is 4.50. The number of hydrogen-bond donors (Lipinski definition) is 1. The van der Waals surface area contributed by atoms with Crippen LogP contribution >= 0.6 is 12.2 Å². The van der Waals surface area contributed by atoms with Gasteiger partial charge in [0.15, 0.2) is 0 Å². The summed E-state index contributed by atoms with van der Waals surface area (Å²) in [5.74, 6) is 0.515. The fraction of sp³-hybridized carbons (Fsp3) is 0.857. The van der Waals surface area contributed by atoms with E-state index in [0.29, 0.717) is 5.92 Å². The number of rotatable bonds is 3. The van der Waals surface area contributed by atoms with Gasteiger partial charge in [0.05, 0.1) is 0 Å². The van der Waals surface area contributed by atoms with E-state index < -0.39 is 0 Å². The van der Waals surface area contributed by atoms with E-state index in [2.05, 4.69) is 26.1 Å². The zero-order valence-corrected chi connectivity index (χ0v) is 7.57. The molecule has 3 heteroatoms. The van der Waals surface area contributed by atoms with Crippen LogP contribution in [-0.2, 0) is 4.74 Å².